The fourth-order valence-corrected chi connectivity index (χ4v) is 3.40. The number of aliphatic hydroxyl groups excluding tert-OH is 1. The summed E-state index contributed by atoms with van der Waals surface area (Å²) in [7, 11) is 0. The summed E-state index contributed by atoms with van der Waals surface area (Å²) in [6.07, 6.45) is 0.00537. The van der Waals surface area contributed by atoms with Crippen LogP contribution in [-0.2, 0) is 6.42 Å². The highest BCUT2D eigenvalue weighted by atomic mass is 79.9. The lowest BCUT2D eigenvalue weighted by molar-refractivity contribution is 0.178. The summed E-state index contributed by atoms with van der Waals surface area (Å²) in [4.78, 5) is 4.62. The van der Waals surface area contributed by atoms with Gasteiger partial charge in [-0.3, -0.25) is 0 Å². The van der Waals surface area contributed by atoms with Gasteiger partial charge in [-0.2, -0.15) is 0 Å². The number of benzene rings is 2. The molecule has 0 aliphatic carbocycles. The summed E-state index contributed by atoms with van der Waals surface area (Å²) >= 11 is 5.02. The summed E-state index contributed by atoms with van der Waals surface area (Å²) in [5.74, 6) is 0. The van der Waals surface area contributed by atoms with E-state index in [0.29, 0.717) is 6.42 Å². The quantitative estimate of drug-likeness (QED) is 0.722. The van der Waals surface area contributed by atoms with Crippen molar-refractivity contribution in [3.05, 3.63) is 75.0 Å². The van der Waals surface area contributed by atoms with Crippen molar-refractivity contribution in [2.75, 3.05) is 0 Å². The van der Waals surface area contributed by atoms with Crippen LogP contribution in [0, 0.1) is 0 Å². The van der Waals surface area contributed by atoms with E-state index in [-0.39, 0.29) is 0 Å². The van der Waals surface area contributed by atoms with E-state index < -0.39 is 6.10 Å². The van der Waals surface area contributed by atoms with Gasteiger partial charge >= 0.3 is 0 Å². The number of hydrogen-bond acceptors (Lipinski definition) is 3. The van der Waals surface area contributed by atoms with Crippen molar-refractivity contribution in [1.29, 1.82) is 0 Å². The molecule has 0 saturated carbocycles. The summed E-state index contributed by atoms with van der Waals surface area (Å²) in [6, 6.07) is 17.8. The van der Waals surface area contributed by atoms with Gasteiger partial charge in [-0.25, -0.2) is 4.98 Å². The maximum absolute atomic E-state index is 10.3. The molecule has 0 saturated heterocycles. The first-order valence-corrected chi connectivity index (χ1v) is 8.33. The highest BCUT2D eigenvalue weighted by Crippen LogP contribution is 2.26. The Labute approximate surface area is 136 Å². The van der Waals surface area contributed by atoms with Gasteiger partial charge in [0.05, 0.1) is 16.8 Å². The van der Waals surface area contributed by atoms with Crippen LogP contribution in [0.15, 0.2) is 64.5 Å². The molecule has 1 aromatic heterocycles. The number of aromatic nitrogens is 1. The van der Waals surface area contributed by atoms with E-state index in [1.54, 1.807) is 11.3 Å². The first-order valence-electron chi connectivity index (χ1n) is 6.66. The molecule has 0 bridgehead atoms. The molecule has 0 fully saturated rings. The molecular formula is C17H14BrNOS. The van der Waals surface area contributed by atoms with E-state index in [2.05, 4.69) is 20.9 Å². The Morgan fingerprint density at radius 3 is 2.67 bits per heavy atom. The zero-order valence-corrected chi connectivity index (χ0v) is 13.6. The smallest absolute Gasteiger partial charge is 0.0961 e. The normalized spacial score (nSPS) is 12.3. The molecule has 1 heterocycles. The molecule has 1 N–H and O–H groups in total. The standard InChI is InChI=1S/C17H14BrNOS/c18-14-8-4-7-13(9-14)16(20)10-17-19-15(11-21-17)12-5-2-1-3-6-12/h1-9,11,16,20H,10H2. The molecular weight excluding hydrogens is 346 g/mol. The van der Waals surface area contributed by atoms with Crippen molar-refractivity contribution in [1.82, 2.24) is 4.98 Å². The van der Waals surface area contributed by atoms with Gasteiger partial charge in [0.15, 0.2) is 0 Å². The van der Waals surface area contributed by atoms with Gasteiger partial charge in [-0.1, -0.05) is 58.4 Å². The third-order valence-electron chi connectivity index (χ3n) is 3.22. The molecule has 4 heteroatoms. The Hall–Kier alpha value is -1.49. The van der Waals surface area contributed by atoms with Gasteiger partial charge in [0.25, 0.3) is 0 Å². The largest absolute Gasteiger partial charge is 0.388 e. The van der Waals surface area contributed by atoms with Crippen LogP contribution in [0.3, 0.4) is 0 Å². The van der Waals surface area contributed by atoms with Crippen molar-refractivity contribution in [3.63, 3.8) is 0 Å². The Morgan fingerprint density at radius 2 is 1.90 bits per heavy atom. The Balaban J connectivity index is 1.75. The first-order chi connectivity index (χ1) is 10.2. The molecule has 106 valence electrons. The molecule has 0 radical (unpaired) electrons. The van der Waals surface area contributed by atoms with Gasteiger partial charge in [0.2, 0.25) is 0 Å². The van der Waals surface area contributed by atoms with Gasteiger partial charge in [0, 0.05) is 21.8 Å². The van der Waals surface area contributed by atoms with Gasteiger partial charge < -0.3 is 5.11 Å². The van der Waals surface area contributed by atoms with Gasteiger partial charge in [-0.05, 0) is 17.7 Å². The van der Waals surface area contributed by atoms with Crippen LogP contribution in [0.2, 0.25) is 0 Å². The number of thiazole rings is 1. The molecule has 1 atom stereocenters. The zero-order valence-electron chi connectivity index (χ0n) is 11.2. The predicted molar refractivity (Wildman–Crippen MR) is 90.4 cm³/mol. The predicted octanol–water partition coefficient (Wildman–Crippen LogP) is 4.85. The van der Waals surface area contributed by atoms with Gasteiger partial charge in [0.1, 0.15) is 0 Å². The average molecular weight is 360 g/mol. The molecule has 21 heavy (non-hydrogen) atoms. The molecule has 3 rings (SSSR count). The van der Waals surface area contributed by atoms with Crippen LogP contribution >= 0.6 is 27.3 Å². The molecule has 0 spiro atoms. The lowest BCUT2D eigenvalue weighted by Crippen LogP contribution is -2.01. The molecule has 3 aromatic rings. The van der Waals surface area contributed by atoms with E-state index in [1.165, 1.54) is 0 Å². The molecule has 0 amide bonds. The first kappa shape index (κ1) is 14.4. The average Bonchev–Trinajstić information content (AvgIpc) is 2.97. The van der Waals surface area contributed by atoms with Crippen molar-refractivity contribution in [3.8, 4) is 11.3 Å². The van der Waals surface area contributed by atoms with E-state index in [9.17, 15) is 5.11 Å². The topological polar surface area (TPSA) is 33.1 Å². The van der Waals surface area contributed by atoms with E-state index in [1.807, 2.05) is 60.0 Å². The molecule has 1 unspecified atom stereocenters. The lowest BCUT2D eigenvalue weighted by atomic mass is 10.1. The fraction of sp³-hybridized carbons (Fsp3) is 0.118. The monoisotopic (exact) mass is 359 g/mol. The Kier molecular flexibility index (Phi) is 4.48. The van der Waals surface area contributed by atoms with Crippen LogP contribution in [0.4, 0.5) is 0 Å². The number of hydrogen-bond donors (Lipinski definition) is 1. The molecule has 2 aromatic carbocycles. The van der Waals surface area contributed by atoms with Crippen molar-refractivity contribution in [2.45, 2.75) is 12.5 Å². The summed E-state index contributed by atoms with van der Waals surface area (Å²) in [6.45, 7) is 0. The van der Waals surface area contributed by atoms with E-state index >= 15 is 0 Å². The van der Waals surface area contributed by atoms with Crippen molar-refractivity contribution >= 4 is 27.3 Å². The second-order valence-corrected chi connectivity index (χ2v) is 6.63. The summed E-state index contributed by atoms with van der Waals surface area (Å²) in [5.41, 5.74) is 2.98. The molecule has 0 aliphatic heterocycles. The number of aliphatic hydroxyl groups is 1. The summed E-state index contributed by atoms with van der Waals surface area (Å²) < 4.78 is 0.975. The van der Waals surface area contributed by atoms with E-state index in [4.69, 9.17) is 0 Å². The molecule has 2 nitrogen and oxygen atoms in total. The van der Waals surface area contributed by atoms with Crippen LogP contribution < -0.4 is 0 Å². The number of nitrogens with zero attached hydrogens (tertiary/aromatic N) is 1. The highest BCUT2D eigenvalue weighted by molar-refractivity contribution is 9.10. The fourth-order valence-electron chi connectivity index (χ4n) is 2.14. The zero-order chi connectivity index (χ0) is 14.7. The maximum atomic E-state index is 10.3. The van der Waals surface area contributed by atoms with Crippen LogP contribution in [0.25, 0.3) is 11.3 Å². The van der Waals surface area contributed by atoms with E-state index in [0.717, 1.165) is 26.3 Å². The Morgan fingerprint density at radius 1 is 1.10 bits per heavy atom. The summed E-state index contributed by atoms with van der Waals surface area (Å²) in [5, 5.41) is 13.3. The second kappa shape index (κ2) is 6.52. The maximum Gasteiger partial charge on any atom is 0.0961 e. The van der Waals surface area contributed by atoms with Crippen molar-refractivity contribution in [2.24, 2.45) is 0 Å². The minimum atomic E-state index is -0.530. The molecule has 0 aliphatic rings. The van der Waals surface area contributed by atoms with Crippen LogP contribution in [0.5, 0.6) is 0 Å². The number of halogens is 1. The second-order valence-electron chi connectivity index (χ2n) is 4.77. The third kappa shape index (κ3) is 3.59. The SMILES string of the molecule is OC(Cc1nc(-c2ccccc2)cs1)c1cccc(Br)c1. The van der Waals surface area contributed by atoms with Crippen molar-refractivity contribution < 1.29 is 5.11 Å². The highest BCUT2D eigenvalue weighted by Gasteiger charge is 2.12. The third-order valence-corrected chi connectivity index (χ3v) is 4.59. The number of rotatable bonds is 4. The minimum Gasteiger partial charge on any atom is -0.388 e. The van der Waals surface area contributed by atoms with Gasteiger partial charge in [-0.15, -0.1) is 11.3 Å². The van der Waals surface area contributed by atoms with Crippen LogP contribution in [0.1, 0.15) is 16.7 Å². The Bertz CT molecular complexity index is 726. The lowest BCUT2D eigenvalue weighted by Gasteiger charge is -2.09. The van der Waals surface area contributed by atoms with Crippen LogP contribution in [-0.4, -0.2) is 10.1 Å². The minimum absolute atomic E-state index is 0.530.